The molecule has 1 rings (SSSR count). The Morgan fingerprint density at radius 2 is 2.28 bits per heavy atom. The predicted molar refractivity (Wildman–Crippen MR) is 71.2 cm³/mol. The Morgan fingerprint density at radius 1 is 1.50 bits per heavy atom. The normalized spacial score (nSPS) is 9.61. The Balaban J connectivity index is 2.53. The molecule has 0 aliphatic rings. The Morgan fingerprint density at radius 3 is 2.94 bits per heavy atom. The maximum Gasteiger partial charge on any atom is 0.319 e. The number of nitrogens with one attached hydrogen (secondary N) is 3. The molecule has 0 aliphatic carbocycles. The van der Waals surface area contributed by atoms with Crippen LogP contribution in [0, 0.1) is 5.41 Å². The maximum atomic E-state index is 11.4. The first-order valence-corrected chi connectivity index (χ1v) is 5.72. The second-order valence-corrected chi connectivity index (χ2v) is 3.72. The van der Waals surface area contributed by atoms with Crippen molar-refractivity contribution in [3.05, 3.63) is 24.3 Å². The summed E-state index contributed by atoms with van der Waals surface area (Å²) in [5.74, 6) is 0.507. The lowest BCUT2D eigenvalue weighted by molar-refractivity contribution is 0.252. The summed E-state index contributed by atoms with van der Waals surface area (Å²) in [7, 11) is 0. The number of ether oxygens (including phenoxy) is 1. The number of benzene rings is 1. The van der Waals surface area contributed by atoms with Gasteiger partial charge in [-0.05, 0) is 18.6 Å². The van der Waals surface area contributed by atoms with E-state index in [-0.39, 0.29) is 18.5 Å². The third-order valence-electron chi connectivity index (χ3n) is 2.02. The standard InChI is InChI=1S/C12H18N4O2/c1-2-6-15-12(17)16-9-4-3-5-10(7-9)18-8-11(13)14/h3-5,7H,2,6,8H2,1H3,(H3,13,14)(H2,15,16,17). The number of anilines is 1. The molecule has 0 unspecified atom stereocenters. The van der Waals surface area contributed by atoms with Crippen molar-refractivity contribution in [3.8, 4) is 5.75 Å². The summed E-state index contributed by atoms with van der Waals surface area (Å²) in [5, 5.41) is 12.5. The van der Waals surface area contributed by atoms with E-state index in [4.69, 9.17) is 15.9 Å². The van der Waals surface area contributed by atoms with Gasteiger partial charge in [-0.15, -0.1) is 0 Å². The molecule has 0 heterocycles. The van der Waals surface area contributed by atoms with Crippen molar-refractivity contribution in [2.75, 3.05) is 18.5 Å². The molecule has 0 aromatic heterocycles. The van der Waals surface area contributed by atoms with Crippen molar-refractivity contribution in [1.29, 1.82) is 5.41 Å². The van der Waals surface area contributed by atoms with Crippen LogP contribution in [-0.4, -0.2) is 25.0 Å². The predicted octanol–water partition coefficient (Wildman–Crippen LogP) is 1.53. The van der Waals surface area contributed by atoms with Gasteiger partial charge in [0.25, 0.3) is 0 Å². The van der Waals surface area contributed by atoms with E-state index < -0.39 is 0 Å². The largest absolute Gasteiger partial charge is 0.486 e. The van der Waals surface area contributed by atoms with Crippen LogP contribution >= 0.6 is 0 Å². The molecule has 1 aromatic rings. The van der Waals surface area contributed by atoms with Gasteiger partial charge < -0.3 is 21.1 Å². The number of amides is 2. The van der Waals surface area contributed by atoms with Gasteiger partial charge in [-0.25, -0.2) is 4.79 Å². The number of carbonyl (C=O) groups is 1. The maximum absolute atomic E-state index is 11.4. The summed E-state index contributed by atoms with van der Waals surface area (Å²) < 4.78 is 5.25. The van der Waals surface area contributed by atoms with Gasteiger partial charge in [-0.3, -0.25) is 5.41 Å². The van der Waals surface area contributed by atoms with Gasteiger partial charge in [0.1, 0.15) is 18.2 Å². The number of rotatable bonds is 6. The monoisotopic (exact) mass is 250 g/mol. The molecule has 0 saturated carbocycles. The van der Waals surface area contributed by atoms with Gasteiger partial charge in [0, 0.05) is 18.3 Å². The summed E-state index contributed by atoms with van der Waals surface area (Å²) in [6.07, 6.45) is 0.884. The van der Waals surface area contributed by atoms with Crippen LogP contribution in [0.1, 0.15) is 13.3 Å². The molecular weight excluding hydrogens is 232 g/mol. The Labute approximate surface area is 106 Å². The van der Waals surface area contributed by atoms with Crippen LogP contribution in [-0.2, 0) is 0 Å². The highest BCUT2D eigenvalue weighted by molar-refractivity contribution is 5.89. The van der Waals surface area contributed by atoms with Gasteiger partial charge in [-0.2, -0.15) is 0 Å². The molecule has 1 aromatic carbocycles. The smallest absolute Gasteiger partial charge is 0.319 e. The first-order chi connectivity index (χ1) is 8.61. The van der Waals surface area contributed by atoms with E-state index in [2.05, 4.69) is 10.6 Å². The zero-order chi connectivity index (χ0) is 13.4. The average molecular weight is 250 g/mol. The Hall–Kier alpha value is -2.24. The lowest BCUT2D eigenvalue weighted by Gasteiger charge is -2.09. The molecule has 2 amide bonds. The van der Waals surface area contributed by atoms with E-state index in [1.165, 1.54) is 0 Å². The van der Waals surface area contributed by atoms with Crippen LogP contribution in [0.25, 0.3) is 0 Å². The van der Waals surface area contributed by atoms with Crippen LogP contribution in [0.2, 0.25) is 0 Å². The minimum absolute atomic E-state index is 0.0332. The van der Waals surface area contributed by atoms with Crippen molar-refractivity contribution in [3.63, 3.8) is 0 Å². The third-order valence-corrected chi connectivity index (χ3v) is 2.02. The minimum atomic E-state index is -0.249. The molecule has 18 heavy (non-hydrogen) atoms. The number of hydrogen-bond acceptors (Lipinski definition) is 3. The van der Waals surface area contributed by atoms with Crippen LogP contribution < -0.4 is 21.1 Å². The zero-order valence-corrected chi connectivity index (χ0v) is 10.3. The first-order valence-electron chi connectivity index (χ1n) is 5.72. The molecule has 6 heteroatoms. The Bertz CT molecular complexity index is 420. The number of nitrogens with two attached hydrogens (primary N) is 1. The van der Waals surface area contributed by atoms with Gasteiger partial charge >= 0.3 is 6.03 Å². The fourth-order valence-corrected chi connectivity index (χ4v) is 1.24. The fraction of sp³-hybridized carbons (Fsp3) is 0.333. The molecular formula is C12H18N4O2. The molecule has 0 aliphatic heterocycles. The van der Waals surface area contributed by atoms with E-state index >= 15 is 0 Å². The van der Waals surface area contributed by atoms with Gasteiger partial charge in [0.05, 0.1) is 0 Å². The number of amidine groups is 1. The highest BCUT2D eigenvalue weighted by Crippen LogP contribution is 2.17. The van der Waals surface area contributed by atoms with Crippen molar-refractivity contribution in [1.82, 2.24) is 5.32 Å². The molecule has 0 bridgehead atoms. The van der Waals surface area contributed by atoms with Crippen LogP contribution in [0.15, 0.2) is 24.3 Å². The summed E-state index contributed by atoms with van der Waals surface area (Å²) >= 11 is 0. The molecule has 0 radical (unpaired) electrons. The average Bonchev–Trinajstić information content (AvgIpc) is 2.34. The fourth-order valence-electron chi connectivity index (χ4n) is 1.24. The lowest BCUT2D eigenvalue weighted by atomic mass is 10.3. The van der Waals surface area contributed by atoms with Crippen molar-refractivity contribution >= 4 is 17.6 Å². The van der Waals surface area contributed by atoms with Crippen molar-refractivity contribution in [2.45, 2.75) is 13.3 Å². The van der Waals surface area contributed by atoms with Crippen molar-refractivity contribution < 1.29 is 9.53 Å². The molecule has 6 nitrogen and oxygen atoms in total. The SMILES string of the molecule is CCCNC(=O)Nc1cccc(OCC(=N)N)c1. The highest BCUT2D eigenvalue weighted by Gasteiger charge is 2.02. The summed E-state index contributed by atoms with van der Waals surface area (Å²) in [6.45, 7) is 2.65. The van der Waals surface area contributed by atoms with Gasteiger partial charge in [0.15, 0.2) is 0 Å². The lowest BCUT2D eigenvalue weighted by Crippen LogP contribution is -2.29. The van der Waals surface area contributed by atoms with E-state index in [1.807, 2.05) is 6.92 Å². The number of urea groups is 1. The molecule has 0 saturated heterocycles. The summed E-state index contributed by atoms with van der Waals surface area (Å²) in [4.78, 5) is 11.4. The molecule has 98 valence electrons. The van der Waals surface area contributed by atoms with E-state index in [0.717, 1.165) is 6.42 Å². The minimum Gasteiger partial charge on any atom is -0.486 e. The van der Waals surface area contributed by atoms with E-state index in [0.29, 0.717) is 18.0 Å². The third kappa shape index (κ3) is 5.20. The zero-order valence-electron chi connectivity index (χ0n) is 10.3. The van der Waals surface area contributed by atoms with E-state index in [1.54, 1.807) is 24.3 Å². The molecule has 0 atom stereocenters. The number of hydrogen-bond donors (Lipinski definition) is 4. The molecule has 5 N–H and O–H groups in total. The first kappa shape index (κ1) is 13.8. The van der Waals surface area contributed by atoms with Crippen LogP contribution in [0.5, 0.6) is 5.75 Å². The number of carbonyl (C=O) groups excluding carboxylic acids is 1. The van der Waals surface area contributed by atoms with E-state index in [9.17, 15) is 4.79 Å². The van der Waals surface area contributed by atoms with Gasteiger partial charge in [0.2, 0.25) is 0 Å². The van der Waals surface area contributed by atoms with Crippen LogP contribution in [0.3, 0.4) is 0 Å². The Kier molecular flexibility index (Phi) is 5.50. The van der Waals surface area contributed by atoms with Crippen LogP contribution in [0.4, 0.5) is 10.5 Å². The summed E-state index contributed by atoms with van der Waals surface area (Å²) in [6, 6.07) is 6.67. The van der Waals surface area contributed by atoms with Crippen molar-refractivity contribution in [2.24, 2.45) is 5.73 Å². The molecule has 0 fully saturated rings. The quantitative estimate of drug-likeness (QED) is 0.455. The summed E-state index contributed by atoms with van der Waals surface area (Å²) in [5.41, 5.74) is 5.82. The highest BCUT2D eigenvalue weighted by atomic mass is 16.5. The topological polar surface area (TPSA) is 100 Å². The van der Waals surface area contributed by atoms with Gasteiger partial charge in [-0.1, -0.05) is 13.0 Å². The second-order valence-electron chi connectivity index (χ2n) is 3.72. The second kappa shape index (κ2) is 7.16. The molecule has 0 spiro atoms.